The molecule has 0 aromatic heterocycles. The zero-order valence-electron chi connectivity index (χ0n) is 14.4. The summed E-state index contributed by atoms with van der Waals surface area (Å²) >= 11 is 5.21. The minimum absolute atomic E-state index is 0.0405. The number of anilines is 1. The maximum absolute atomic E-state index is 11.9. The third-order valence-electron chi connectivity index (χ3n) is 3.26. The highest BCUT2D eigenvalue weighted by Gasteiger charge is 2.09. The van der Waals surface area contributed by atoms with E-state index < -0.39 is 0 Å². The van der Waals surface area contributed by atoms with Gasteiger partial charge in [0, 0.05) is 6.42 Å². The molecule has 0 atom stereocenters. The summed E-state index contributed by atoms with van der Waals surface area (Å²) < 4.78 is 5.72. The Bertz CT molecular complexity index is 504. The Morgan fingerprint density at radius 3 is 2.57 bits per heavy atom. The third kappa shape index (κ3) is 8.55. The maximum Gasteiger partial charge on any atom is 0.226 e. The molecule has 0 saturated heterocycles. The van der Waals surface area contributed by atoms with Crippen LogP contribution in [0.4, 0.5) is 5.69 Å². The van der Waals surface area contributed by atoms with Crippen molar-refractivity contribution in [1.82, 2.24) is 5.32 Å². The summed E-state index contributed by atoms with van der Waals surface area (Å²) in [7, 11) is 0. The summed E-state index contributed by atoms with van der Waals surface area (Å²) in [6.45, 7) is 6.11. The van der Waals surface area contributed by atoms with E-state index in [1.54, 1.807) is 0 Å². The molecule has 0 unspecified atom stereocenters. The van der Waals surface area contributed by atoms with E-state index in [-0.39, 0.29) is 12.0 Å². The van der Waals surface area contributed by atoms with Crippen LogP contribution >= 0.6 is 12.2 Å². The highest BCUT2D eigenvalue weighted by molar-refractivity contribution is 7.80. The van der Waals surface area contributed by atoms with Gasteiger partial charge in [0.05, 0.1) is 11.8 Å². The van der Waals surface area contributed by atoms with Crippen LogP contribution in [0.3, 0.4) is 0 Å². The standard InChI is InChI=1S/C18H28N2O2S/c1-4-5-6-7-8-13-17(21)20-18(23)19-15-11-9-10-12-16(15)22-14(2)3/h9-12,14H,4-8,13H2,1-3H3,(H2,19,20,21,23). The molecule has 0 aliphatic rings. The van der Waals surface area contributed by atoms with Gasteiger partial charge in [-0.3, -0.25) is 4.79 Å². The lowest BCUT2D eigenvalue weighted by molar-refractivity contribution is -0.119. The quantitative estimate of drug-likeness (QED) is 0.509. The Labute approximate surface area is 145 Å². The second-order valence-corrected chi connectivity index (χ2v) is 6.24. The zero-order valence-corrected chi connectivity index (χ0v) is 15.2. The first kappa shape index (κ1) is 19.4. The molecule has 1 amide bonds. The molecule has 23 heavy (non-hydrogen) atoms. The van der Waals surface area contributed by atoms with Gasteiger partial charge in [-0.25, -0.2) is 0 Å². The van der Waals surface area contributed by atoms with Crippen LogP contribution in [-0.4, -0.2) is 17.1 Å². The summed E-state index contributed by atoms with van der Waals surface area (Å²) in [4.78, 5) is 11.9. The van der Waals surface area contributed by atoms with Gasteiger partial charge in [0.1, 0.15) is 5.75 Å². The largest absolute Gasteiger partial charge is 0.489 e. The molecular weight excluding hydrogens is 308 g/mol. The summed E-state index contributed by atoms with van der Waals surface area (Å²) in [6, 6.07) is 7.55. The Morgan fingerprint density at radius 1 is 1.17 bits per heavy atom. The first-order chi connectivity index (χ1) is 11.0. The molecule has 5 heteroatoms. The fourth-order valence-corrected chi connectivity index (χ4v) is 2.38. The molecule has 0 aliphatic heterocycles. The molecule has 0 heterocycles. The van der Waals surface area contributed by atoms with Crippen molar-refractivity contribution < 1.29 is 9.53 Å². The molecule has 128 valence electrons. The van der Waals surface area contributed by atoms with E-state index in [1.165, 1.54) is 19.3 Å². The summed E-state index contributed by atoms with van der Waals surface area (Å²) in [5.74, 6) is 0.680. The van der Waals surface area contributed by atoms with Crippen LogP contribution in [0.1, 0.15) is 59.3 Å². The predicted octanol–water partition coefficient (Wildman–Crippen LogP) is 4.65. The zero-order chi connectivity index (χ0) is 17.1. The Hall–Kier alpha value is -1.62. The molecule has 1 aromatic rings. The molecular formula is C18H28N2O2S. The monoisotopic (exact) mass is 336 g/mol. The van der Waals surface area contributed by atoms with Crippen LogP contribution in [-0.2, 0) is 4.79 Å². The van der Waals surface area contributed by atoms with E-state index in [9.17, 15) is 4.79 Å². The molecule has 1 rings (SSSR count). The minimum atomic E-state index is -0.0405. The van der Waals surface area contributed by atoms with Crippen molar-refractivity contribution in [3.8, 4) is 5.75 Å². The van der Waals surface area contributed by atoms with E-state index in [4.69, 9.17) is 17.0 Å². The number of hydrogen-bond acceptors (Lipinski definition) is 3. The van der Waals surface area contributed by atoms with Gasteiger partial charge in [-0.05, 0) is 44.6 Å². The van der Waals surface area contributed by atoms with Crippen LogP contribution in [0, 0.1) is 0 Å². The second kappa shape index (κ2) is 11.0. The number of carbonyl (C=O) groups is 1. The smallest absolute Gasteiger partial charge is 0.226 e. The van der Waals surface area contributed by atoms with Crippen molar-refractivity contribution in [2.75, 3.05) is 5.32 Å². The van der Waals surface area contributed by atoms with Crippen LogP contribution in [0.25, 0.3) is 0 Å². The molecule has 0 spiro atoms. The number of ether oxygens (including phenoxy) is 1. The number of carbonyl (C=O) groups excluding carboxylic acids is 1. The maximum atomic E-state index is 11.9. The van der Waals surface area contributed by atoms with Gasteiger partial charge >= 0.3 is 0 Å². The summed E-state index contributed by atoms with van der Waals surface area (Å²) in [5.41, 5.74) is 0.759. The first-order valence-electron chi connectivity index (χ1n) is 8.39. The van der Waals surface area contributed by atoms with Crippen molar-refractivity contribution in [1.29, 1.82) is 0 Å². The van der Waals surface area contributed by atoms with Gasteiger partial charge in [0.2, 0.25) is 5.91 Å². The first-order valence-corrected chi connectivity index (χ1v) is 8.80. The van der Waals surface area contributed by atoms with Crippen LogP contribution in [0.2, 0.25) is 0 Å². The van der Waals surface area contributed by atoms with Gasteiger partial charge in [0.15, 0.2) is 5.11 Å². The molecule has 2 N–H and O–H groups in total. The van der Waals surface area contributed by atoms with Crippen LogP contribution in [0.5, 0.6) is 5.75 Å². The average molecular weight is 337 g/mol. The molecule has 1 aromatic carbocycles. The van der Waals surface area contributed by atoms with Gasteiger partial charge in [-0.1, -0.05) is 44.7 Å². The van der Waals surface area contributed by atoms with E-state index >= 15 is 0 Å². The third-order valence-corrected chi connectivity index (χ3v) is 3.46. The SMILES string of the molecule is CCCCCCCC(=O)NC(=S)Nc1ccccc1OC(C)C. The Morgan fingerprint density at radius 2 is 1.87 bits per heavy atom. The molecule has 0 aliphatic carbocycles. The molecule has 4 nitrogen and oxygen atoms in total. The summed E-state index contributed by atoms with van der Waals surface area (Å²) in [5, 5.41) is 6.07. The molecule has 0 fully saturated rings. The lowest BCUT2D eigenvalue weighted by Crippen LogP contribution is -2.34. The number of hydrogen-bond donors (Lipinski definition) is 2. The van der Waals surface area contributed by atoms with Gasteiger partial charge in [0.25, 0.3) is 0 Å². The second-order valence-electron chi connectivity index (χ2n) is 5.83. The topological polar surface area (TPSA) is 50.4 Å². The highest BCUT2D eigenvalue weighted by atomic mass is 32.1. The van der Waals surface area contributed by atoms with Gasteiger partial charge in [-0.2, -0.15) is 0 Å². The lowest BCUT2D eigenvalue weighted by atomic mass is 10.1. The van der Waals surface area contributed by atoms with E-state index in [0.29, 0.717) is 11.5 Å². The number of amides is 1. The van der Waals surface area contributed by atoms with E-state index in [0.717, 1.165) is 24.3 Å². The Kier molecular flexibility index (Phi) is 9.29. The van der Waals surface area contributed by atoms with Crippen LogP contribution in [0.15, 0.2) is 24.3 Å². The minimum Gasteiger partial charge on any atom is -0.489 e. The van der Waals surface area contributed by atoms with Gasteiger partial charge in [-0.15, -0.1) is 0 Å². The number of benzene rings is 1. The summed E-state index contributed by atoms with van der Waals surface area (Å²) in [6.07, 6.45) is 6.20. The molecule has 0 radical (unpaired) electrons. The average Bonchev–Trinajstić information content (AvgIpc) is 2.48. The number of para-hydroxylation sites is 2. The lowest BCUT2D eigenvalue weighted by Gasteiger charge is -2.16. The number of unbranched alkanes of at least 4 members (excludes halogenated alkanes) is 4. The number of nitrogens with one attached hydrogen (secondary N) is 2. The fourth-order valence-electron chi connectivity index (χ4n) is 2.16. The van der Waals surface area contributed by atoms with E-state index in [2.05, 4.69) is 17.6 Å². The van der Waals surface area contributed by atoms with Crippen LogP contribution < -0.4 is 15.4 Å². The van der Waals surface area contributed by atoms with Crippen molar-refractivity contribution in [3.05, 3.63) is 24.3 Å². The number of thiocarbonyl (C=S) groups is 1. The highest BCUT2D eigenvalue weighted by Crippen LogP contribution is 2.24. The number of rotatable bonds is 9. The predicted molar refractivity (Wildman–Crippen MR) is 99.9 cm³/mol. The van der Waals surface area contributed by atoms with Crippen molar-refractivity contribution in [2.45, 2.75) is 65.4 Å². The Balaban J connectivity index is 2.40. The van der Waals surface area contributed by atoms with Crippen molar-refractivity contribution in [2.24, 2.45) is 0 Å². The van der Waals surface area contributed by atoms with Crippen molar-refractivity contribution in [3.63, 3.8) is 0 Å². The molecule has 0 bridgehead atoms. The van der Waals surface area contributed by atoms with Crippen molar-refractivity contribution >= 4 is 28.9 Å². The van der Waals surface area contributed by atoms with Gasteiger partial charge < -0.3 is 15.4 Å². The molecule has 0 saturated carbocycles. The van der Waals surface area contributed by atoms with E-state index in [1.807, 2.05) is 38.1 Å². The fraction of sp³-hybridized carbons (Fsp3) is 0.556. The normalized spacial score (nSPS) is 10.4.